The van der Waals surface area contributed by atoms with Crippen molar-refractivity contribution in [2.45, 2.75) is 70.5 Å². The van der Waals surface area contributed by atoms with Crippen molar-refractivity contribution < 1.29 is 18.8 Å². The molecular formula is C26H30F2N4O2. The molecule has 6 nitrogen and oxygen atoms in total. The molecule has 1 aliphatic carbocycles. The number of hydrogen-bond acceptors (Lipinski definition) is 3. The van der Waals surface area contributed by atoms with Crippen LogP contribution >= 0.6 is 0 Å². The van der Waals surface area contributed by atoms with Gasteiger partial charge in [-0.15, -0.1) is 0 Å². The number of aromatic nitrogens is 1. The Kier molecular flexibility index (Phi) is 5.51. The maximum Gasteiger partial charge on any atom is 0.315 e. The van der Waals surface area contributed by atoms with E-state index in [0.717, 1.165) is 41.7 Å². The first kappa shape index (κ1) is 22.7. The Morgan fingerprint density at radius 3 is 2.68 bits per heavy atom. The molecule has 1 fully saturated rings. The number of hydroxylamine groups is 1. The normalized spacial score (nSPS) is 19.9. The van der Waals surface area contributed by atoms with Crippen LogP contribution in [0.2, 0.25) is 0 Å². The second-order valence-corrected chi connectivity index (χ2v) is 10.1. The van der Waals surface area contributed by atoms with Gasteiger partial charge in [-0.25, -0.2) is 18.6 Å². The van der Waals surface area contributed by atoms with Crippen molar-refractivity contribution in [3.63, 3.8) is 0 Å². The lowest BCUT2D eigenvalue weighted by Crippen LogP contribution is -2.63. The molecule has 8 heteroatoms. The summed E-state index contributed by atoms with van der Waals surface area (Å²) in [5.74, 6) is -1.48. The number of carbonyl (C=O) groups is 1. The van der Waals surface area contributed by atoms with Crippen LogP contribution in [0.5, 0.6) is 0 Å². The summed E-state index contributed by atoms with van der Waals surface area (Å²) in [6.45, 7) is 5.41. The summed E-state index contributed by atoms with van der Waals surface area (Å²) in [5, 5.41) is 18.6. The summed E-state index contributed by atoms with van der Waals surface area (Å²) >= 11 is 0. The Labute approximate surface area is 197 Å². The Bertz CT molecular complexity index is 1260. The fourth-order valence-electron chi connectivity index (χ4n) is 5.38. The van der Waals surface area contributed by atoms with Crippen LogP contribution in [0.3, 0.4) is 0 Å². The lowest BCUT2D eigenvalue weighted by molar-refractivity contribution is 0.128. The molecule has 180 valence electrons. The van der Waals surface area contributed by atoms with Gasteiger partial charge < -0.3 is 15.6 Å². The van der Waals surface area contributed by atoms with Crippen molar-refractivity contribution in [2.75, 3.05) is 5.06 Å². The Balaban J connectivity index is 1.54. The Hall–Kier alpha value is -3.13. The highest BCUT2D eigenvalue weighted by Crippen LogP contribution is 2.42. The summed E-state index contributed by atoms with van der Waals surface area (Å²) in [6, 6.07) is 5.74. The van der Waals surface area contributed by atoms with Gasteiger partial charge in [0.05, 0.1) is 28.3 Å². The van der Waals surface area contributed by atoms with Crippen molar-refractivity contribution in [3.8, 4) is 11.1 Å². The van der Waals surface area contributed by atoms with Crippen molar-refractivity contribution in [1.82, 2.24) is 15.6 Å². The number of hydrogen-bond donors (Lipinski definition) is 4. The van der Waals surface area contributed by atoms with Crippen LogP contribution in [-0.2, 0) is 6.42 Å². The van der Waals surface area contributed by atoms with Crippen LogP contribution in [-0.4, -0.2) is 33.8 Å². The zero-order chi connectivity index (χ0) is 24.2. The van der Waals surface area contributed by atoms with Gasteiger partial charge in [-0.3, -0.25) is 5.21 Å². The fraction of sp³-hybridized carbons (Fsp3) is 0.423. The molecule has 1 aromatic heterocycles. The van der Waals surface area contributed by atoms with Crippen LogP contribution in [0.15, 0.2) is 30.5 Å². The van der Waals surface area contributed by atoms with E-state index in [-0.39, 0.29) is 35.3 Å². The zero-order valence-electron chi connectivity index (χ0n) is 19.6. The third kappa shape index (κ3) is 3.60. The second-order valence-electron chi connectivity index (χ2n) is 10.1. The zero-order valence-corrected chi connectivity index (χ0v) is 19.6. The minimum absolute atomic E-state index is 0.0767. The monoisotopic (exact) mass is 468 g/mol. The number of H-pyrrole nitrogens is 1. The van der Waals surface area contributed by atoms with Crippen LogP contribution in [0.1, 0.15) is 50.7 Å². The number of aryl methyl sites for hydroxylation is 1. The third-order valence-corrected chi connectivity index (χ3v) is 7.52. The van der Waals surface area contributed by atoms with Gasteiger partial charge in [-0.05, 0) is 39.2 Å². The van der Waals surface area contributed by atoms with E-state index in [0.29, 0.717) is 11.1 Å². The van der Waals surface area contributed by atoms with Gasteiger partial charge in [-0.1, -0.05) is 31.0 Å². The van der Waals surface area contributed by atoms with Crippen LogP contribution in [0, 0.1) is 18.6 Å². The largest absolute Gasteiger partial charge is 0.360 e. The second kappa shape index (κ2) is 8.27. The van der Waals surface area contributed by atoms with E-state index in [1.165, 1.54) is 6.07 Å². The van der Waals surface area contributed by atoms with Gasteiger partial charge in [0.1, 0.15) is 11.6 Å². The molecule has 2 aromatic carbocycles. The van der Waals surface area contributed by atoms with Gasteiger partial charge in [-0.2, -0.15) is 0 Å². The first-order valence-electron chi connectivity index (χ1n) is 11.8. The SMILES string of the molecule is Cc1c[nH]c2c(-c3c(F)cc4c(c3F)C[C@H](NC(=O)NC3CCCC3)C(C)(C)N4O)cccc12. The van der Waals surface area contributed by atoms with Gasteiger partial charge in [0, 0.05) is 41.2 Å². The molecule has 0 spiro atoms. The first-order valence-corrected chi connectivity index (χ1v) is 11.8. The third-order valence-electron chi connectivity index (χ3n) is 7.52. The molecule has 0 bridgehead atoms. The van der Waals surface area contributed by atoms with Crippen LogP contribution < -0.4 is 15.7 Å². The summed E-state index contributed by atoms with van der Waals surface area (Å²) in [6.07, 6.45) is 5.99. The van der Waals surface area contributed by atoms with Crippen LogP contribution in [0.4, 0.5) is 19.3 Å². The molecule has 0 unspecified atom stereocenters. The number of amides is 2. The molecule has 3 aromatic rings. The molecule has 1 atom stereocenters. The average molecular weight is 469 g/mol. The average Bonchev–Trinajstić information content (AvgIpc) is 3.43. The number of urea groups is 1. The number of halogens is 2. The fourth-order valence-corrected chi connectivity index (χ4v) is 5.38. The summed E-state index contributed by atoms with van der Waals surface area (Å²) in [5.41, 5.74) is 1.18. The number of para-hydroxylation sites is 1. The van der Waals surface area contributed by atoms with E-state index in [4.69, 9.17) is 0 Å². The number of nitrogens with zero attached hydrogens (tertiary/aromatic N) is 1. The van der Waals surface area contributed by atoms with Crippen molar-refractivity contribution in [3.05, 3.63) is 53.2 Å². The lowest BCUT2D eigenvalue weighted by atomic mass is 9.82. The maximum atomic E-state index is 16.0. The molecule has 5 rings (SSSR count). The molecule has 2 aliphatic rings. The molecule has 1 saturated carbocycles. The number of benzene rings is 2. The van der Waals surface area contributed by atoms with Crippen molar-refractivity contribution in [2.24, 2.45) is 0 Å². The topological polar surface area (TPSA) is 80.4 Å². The standard InChI is InChI=1S/C26H30F2N4O2/c1-14-13-29-24-16(14)9-6-10-17(24)22-19(27)12-20-18(23(22)28)11-21(26(2,3)32(20)34)31-25(33)30-15-7-4-5-8-15/h6,9-10,12-13,15,21,29,34H,4-5,7-8,11H2,1-3H3,(H2,30,31,33)/t21-/m0/s1. The van der Waals surface area contributed by atoms with E-state index in [2.05, 4.69) is 15.6 Å². The Morgan fingerprint density at radius 1 is 1.21 bits per heavy atom. The summed E-state index contributed by atoms with van der Waals surface area (Å²) < 4.78 is 31.3. The van der Waals surface area contributed by atoms with Gasteiger partial charge in [0.25, 0.3) is 0 Å². The molecule has 1 aliphatic heterocycles. The van der Waals surface area contributed by atoms with Crippen molar-refractivity contribution >= 4 is 22.6 Å². The first-order chi connectivity index (χ1) is 16.2. The summed E-state index contributed by atoms with van der Waals surface area (Å²) in [7, 11) is 0. The molecule has 2 heterocycles. The highest BCUT2D eigenvalue weighted by Gasteiger charge is 2.44. The number of rotatable bonds is 3. The smallest absolute Gasteiger partial charge is 0.315 e. The molecular weight excluding hydrogens is 438 g/mol. The molecule has 34 heavy (non-hydrogen) atoms. The quantitative estimate of drug-likeness (QED) is 0.406. The molecule has 0 radical (unpaired) electrons. The van der Waals surface area contributed by atoms with E-state index >= 15 is 8.78 Å². The lowest BCUT2D eigenvalue weighted by Gasteiger charge is -2.46. The minimum atomic E-state index is -0.975. The molecule has 0 saturated heterocycles. The predicted octanol–water partition coefficient (Wildman–Crippen LogP) is 5.56. The number of fused-ring (bicyclic) bond motifs is 2. The maximum absolute atomic E-state index is 16.0. The van der Waals surface area contributed by atoms with Crippen LogP contribution in [0.25, 0.3) is 22.0 Å². The van der Waals surface area contributed by atoms with E-state index in [1.54, 1.807) is 26.0 Å². The van der Waals surface area contributed by atoms with E-state index in [1.807, 2.05) is 19.2 Å². The number of carbonyl (C=O) groups excluding carboxylic acids is 1. The van der Waals surface area contributed by atoms with Gasteiger partial charge in [0.15, 0.2) is 0 Å². The van der Waals surface area contributed by atoms with Gasteiger partial charge >= 0.3 is 6.03 Å². The Morgan fingerprint density at radius 2 is 1.94 bits per heavy atom. The predicted molar refractivity (Wildman–Crippen MR) is 128 cm³/mol. The summed E-state index contributed by atoms with van der Waals surface area (Å²) in [4.78, 5) is 15.8. The van der Waals surface area contributed by atoms with E-state index in [9.17, 15) is 10.0 Å². The minimum Gasteiger partial charge on any atom is -0.360 e. The number of anilines is 1. The molecule has 2 amide bonds. The highest BCUT2D eigenvalue weighted by molar-refractivity contribution is 5.96. The number of aromatic amines is 1. The van der Waals surface area contributed by atoms with Gasteiger partial charge in [0.2, 0.25) is 0 Å². The highest BCUT2D eigenvalue weighted by atomic mass is 19.1. The molecule has 4 N–H and O–H groups in total. The number of nitrogens with one attached hydrogen (secondary N) is 3. The van der Waals surface area contributed by atoms with E-state index < -0.39 is 23.2 Å². The van der Waals surface area contributed by atoms with Crippen molar-refractivity contribution in [1.29, 1.82) is 0 Å².